The van der Waals surface area contributed by atoms with Gasteiger partial charge in [-0.25, -0.2) is 0 Å². The van der Waals surface area contributed by atoms with Gasteiger partial charge in [0.2, 0.25) is 0 Å². The first kappa shape index (κ1) is 20.4. The van der Waals surface area contributed by atoms with E-state index in [1.54, 1.807) is 0 Å². The highest BCUT2D eigenvalue weighted by molar-refractivity contribution is 6.30. The van der Waals surface area contributed by atoms with Gasteiger partial charge in [-0.2, -0.15) is 15.8 Å². The van der Waals surface area contributed by atoms with Crippen LogP contribution in [0.1, 0.15) is 18.4 Å². The minimum Gasteiger partial charge on any atom is -0.399 e. The SMILES string of the molecule is CCN1CC=C2C(C#N)=C(N)C(C#N)(C#N)C(c3ccc(Cl)cc3[N+](=O)[O-])C2C1. The maximum Gasteiger partial charge on any atom is 0.274 e. The van der Waals surface area contributed by atoms with Crippen LogP contribution in [0, 0.1) is 55.4 Å². The zero-order valence-electron chi connectivity index (χ0n) is 15.6. The van der Waals surface area contributed by atoms with Crippen molar-refractivity contribution in [1.29, 1.82) is 15.8 Å². The van der Waals surface area contributed by atoms with E-state index in [4.69, 9.17) is 17.3 Å². The molecule has 2 N–H and O–H groups in total. The van der Waals surface area contributed by atoms with Crippen molar-refractivity contribution >= 4 is 17.3 Å². The number of halogens is 1. The second-order valence-electron chi connectivity index (χ2n) is 6.99. The van der Waals surface area contributed by atoms with Gasteiger partial charge >= 0.3 is 0 Å². The standard InChI is InChI=1S/C20H17ClN6O2/c1-2-26-6-5-13-15(8-22)19(25)20(10-23,11-24)18(16(13)9-26)14-4-3-12(21)7-17(14)27(28)29/h3-5,7,16,18H,2,6,9,25H2,1H3. The molecule has 0 aromatic heterocycles. The summed E-state index contributed by atoms with van der Waals surface area (Å²) < 4.78 is 0. The quantitative estimate of drug-likeness (QED) is 0.597. The Hall–Kier alpha value is -3.38. The van der Waals surface area contributed by atoms with Gasteiger partial charge in [-0.05, 0) is 18.2 Å². The van der Waals surface area contributed by atoms with Crippen LogP contribution in [0.3, 0.4) is 0 Å². The average molecular weight is 409 g/mol. The van der Waals surface area contributed by atoms with Gasteiger partial charge in [0.05, 0.1) is 28.3 Å². The molecule has 1 aromatic carbocycles. The third-order valence-electron chi connectivity index (χ3n) is 5.71. The summed E-state index contributed by atoms with van der Waals surface area (Å²) >= 11 is 5.96. The largest absolute Gasteiger partial charge is 0.399 e. The Labute approximate surface area is 172 Å². The number of hydrogen-bond acceptors (Lipinski definition) is 7. The molecule has 2 atom stereocenters. The van der Waals surface area contributed by atoms with E-state index in [9.17, 15) is 25.9 Å². The first-order chi connectivity index (χ1) is 13.8. The van der Waals surface area contributed by atoms with Gasteiger partial charge in [-0.3, -0.25) is 15.0 Å². The van der Waals surface area contributed by atoms with Crippen LogP contribution in [-0.2, 0) is 0 Å². The lowest BCUT2D eigenvalue weighted by molar-refractivity contribution is -0.385. The van der Waals surface area contributed by atoms with Crippen LogP contribution in [-0.4, -0.2) is 29.5 Å². The number of likely N-dealkylation sites (N-methyl/N-ethyl adjacent to an activating group) is 1. The van der Waals surface area contributed by atoms with Crippen LogP contribution < -0.4 is 5.73 Å². The number of allylic oxidation sites excluding steroid dienone is 2. The number of nitro groups is 1. The van der Waals surface area contributed by atoms with Crippen molar-refractivity contribution in [3.8, 4) is 18.2 Å². The molecule has 29 heavy (non-hydrogen) atoms. The monoisotopic (exact) mass is 408 g/mol. The van der Waals surface area contributed by atoms with Gasteiger partial charge in [-0.15, -0.1) is 0 Å². The van der Waals surface area contributed by atoms with E-state index < -0.39 is 22.2 Å². The highest BCUT2D eigenvalue weighted by Gasteiger charge is 2.55. The van der Waals surface area contributed by atoms with E-state index in [1.165, 1.54) is 18.2 Å². The summed E-state index contributed by atoms with van der Waals surface area (Å²) in [6.45, 7) is 3.71. The molecule has 0 saturated heterocycles. The fourth-order valence-corrected chi connectivity index (χ4v) is 4.45. The van der Waals surface area contributed by atoms with Crippen LogP contribution in [0.25, 0.3) is 0 Å². The Morgan fingerprint density at radius 1 is 1.38 bits per heavy atom. The Morgan fingerprint density at radius 3 is 2.62 bits per heavy atom. The van der Waals surface area contributed by atoms with Crippen molar-refractivity contribution in [3.05, 3.63) is 61.8 Å². The first-order valence-corrected chi connectivity index (χ1v) is 9.31. The molecule has 1 aliphatic heterocycles. The topological polar surface area (TPSA) is 144 Å². The summed E-state index contributed by atoms with van der Waals surface area (Å²) in [6, 6.07) is 10.2. The highest BCUT2D eigenvalue weighted by atomic mass is 35.5. The van der Waals surface area contributed by atoms with Crippen molar-refractivity contribution in [2.24, 2.45) is 17.1 Å². The summed E-state index contributed by atoms with van der Waals surface area (Å²) in [7, 11) is 0. The smallest absolute Gasteiger partial charge is 0.274 e. The molecule has 0 bridgehead atoms. The Morgan fingerprint density at radius 2 is 2.07 bits per heavy atom. The lowest BCUT2D eigenvalue weighted by Gasteiger charge is -2.45. The minimum absolute atomic E-state index is 0.113. The van der Waals surface area contributed by atoms with Crippen LogP contribution in [0.2, 0.25) is 5.02 Å². The molecule has 2 aliphatic rings. The van der Waals surface area contributed by atoms with Gasteiger partial charge in [0.25, 0.3) is 5.69 Å². The lowest BCUT2D eigenvalue weighted by atomic mass is 9.58. The molecule has 0 fully saturated rings. The van der Waals surface area contributed by atoms with E-state index in [-0.39, 0.29) is 27.5 Å². The molecule has 2 unspecified atom stereocenters. The summed E-state index contributed by atoms with van der Waals surface area (Å²) in [5, 5.41) is 41.7. The number of rotatable bonds is 3. The van der Waals surface area contributed by atoms with Crippen molar-refractivity contribution in [3.63, 3.8) is 0 Å². The number of fused-ring (bicyclic) bond motifs is 1. The predicted molar refractivity (Wildman–Crippen MR) is 105 cm³/mol. The fraction of sp³-hybridized carbons (Fsp3) is 0.350. The predicted octanol–water partition coefficient (Wildman–Crippen LogP) is 2.99. The van der Waals surface area contributed by atoms with Gasteiger partial charge < -0.3 is 5.73 Å². The van der Waals surface area contributed by atoms with Crippen molar-refractivity contribution in [2.45, 2.75) is 12.8 Å². The molecule has 0 spiro atoms. The fourth-order valence-electron chi connectivity index (χ4n) is 4.28. The van der Waals surface area contributed by atoms with Gasteiger partial charge in [0, 0.05) is 41.6 Å². The van der Waals surface area contributed by atoms with E-state index in [0.29, 0.717) is 25.2 Å². The van der Waals surface area contributed by atoms with E-state index in [1.807, 2.05) is 31.2 Å². The second kappa shape index (κ2) is 7.56. The van der Waals surface area contributed by atoms with Crippen molar-refractivity contribution in [2.75, 3.05) is 19.6 Å². The van der Waals surface area contributed by atoms with E-state index >= 15 is 0 Å². The minimum atomic E-state index is -1.91. The lowest BCUT2D eigenvalue weighted by Crippen LogP contribution is -2.48. The van der Waals surface area contributed by atoms with Gasteiger partial charge in [0.15, 0.2) is 5.41 Å². The summed E-state index contributed by atoms with van der Waals surface area (Å²) in [4.78, 5) is 13.3. The molecule has 0 saturated carbocycles. The van der Waals surface area contributed by atoms with Gasteiger partial charge in [-0.1, -0.05) is 30.7 Å². The summed E-state index contributed by atoms with van der Waals surface area (Å²) in [5.74, 6) is -1.40. The van der Waals surface area contributed by atoms with E-state index in [2.05, 4.69) is 4.90 Å². The molecular weight excluding hydrogens is 392 g/mol. The number of nitrogens with zero attached hydrogens (tertiary/aromatic N) is 5. The number of nitrogens with two attached hydrogens (primary N) is 1. The molecule has 0 radical (unpaired) electrons. The molecule has 1 heterocycles. The number of hydrogen-bond donors (Lipinski definition) is 1. The van der Waals surface area contributed by atoms with Crippen molar-refractivity contribution < 1.29 is 4.92 Å². The zero-order chi connectivity index (χ0) is 21.3. The number of nitriles is 3. The molecule has 9 heteroatoms. The molecule has 0 amide bonds. The summed E-state index contributed by atoms with van der Waals surface area (Å²) in [5.41, 5.74) is 4.80. The second-order valence-corrected chi connectivity index (χ2v) is 7.42. The Balaban J connectivity index is 2.39. The van der Waals surface area contributed by atoms with Crippen LogP contribution >= 0.6 is 11.6 Å². The third-order valence-corrected chi connectivity index (χ3v) is 5.95. The molecule has 1 aliphatic carbocycles. The molecular formula is C20H17ClN6O2. The number of benzene rings is 1. The first-order valence-electron chi connectivity index (χ1n) is 8.94. The molecule has 146 valence electrons. The maximum atomic E-state index is 11.7. The molecule has 8 nitrogen and oxygen atoms in total. The zero-order valence-corrected chi connectivity index (χ0v) is 16.3. The molecule has 3 rings (SSSR count). The van der Waals surface area contributed by atoms with E-state index in [0.717, 1.165) is 0 Å². The van der Waals surface area contributed by atoms with Crippen molar-refractivity contribution in [1.82, 2.24) is 4.90 Å². The summed E-state index contributed by atoms with van der Waals surface area (Å²) in [6.07, 6.45) is 1.86. The average Bonchev–Trinajstić information content (AvgIpc) is 2.73. The molecule has 1 aromatic rings. The van der Waals surface area contributed by atoms with Crippen LogP contribution in [0.4, 0.5) is 5.69 Å². The number of nitro benzene ring substituents is 1. The normalized spacial score (nSPS) is 23.2. The maximum absolute atomic E-state index is 11.7. The Bertz CT molecular complexity index is 1060. The van der Waals surface area contributed by atoms with Crippen LogP contribution in [0.5, 0.6) is 0 Å². The van der Waals surface area contributed by atoms with Crippen LogP contribution in [0.15, 0.2) is 41.1 Å². The third kappa shape index (κ3) is 3.02. The van der Waals surface area contributed by atoms with Gasteiger partial charge in [0.1, 0.15) is 6.07 Å². The Kier molecular flexibility index (Phi) is 5.31. The highest BCUT2D eigenvalue weighted by Crippen LogP contribution is 2.55.